The molecule has 8 rings (SSSR count). The molecule has 6 aliphatic carbocycles. The summed E-state index contributed by atoms with van der Waals surface area (Å²) < 4.78 is 54.6. The summed E-state index contributed by atoms with van der Waals surface area (Å²) in [5, 5.41) is 21.2. The fourth-order valence-electron chi connectivity index (χ4n) is 9.44. The molecule has 6 aliphatic rings. The van der Waals surface area contributed by atoms with E-state index in [9.17, 15) is 43.5 Å². The number of unbranched alkanes of at least 4 members (excludes halogenated alkanes) is 1. The van der Waals surface area contributed by atoms with Crippen molar-refractivity contribution in [3.8, 4) is 0 Å². The second-order valence-corrected chi connectivity index (χ2v) is 23.4. The van der Waals surface area contributed by atoms with Crippen LogP contribution in [0.5, 0.6) is 0 Å². The van der Waals surface area contributed by atoms with Crippen LogP contribution in [0.3, 0.4) is 0 Å². The summed E-state index contributed by atoms with van der Waals surface area (Å²) >= 11 is 0. The van der Waals surface area contributed by atoms with Crippen molar-refractivity contribution in [1.82, 2.24) is 19.5 Å². The predicted octanol–water partition coefficient (Wildman–Crippen LogP) is 4.55. The molecule has 0 aliphatic heterocycles. The molecule has 0 unspecified atom stereocenters. The van der Waals surface area contributed by atoms with Crippen LogP contribution in [0, 0.1) is 0 Å². The molecule has 18 N–H and O–H groups in total. The van der Waals surface area contributed by atoms with Crippen LogP contribution in [0.1, 0.15) is 173 Å². The standard InChI is InChI=1S/C15H25N4O15P3.5C6H13N/c20-9-11(31-4-2-1-3-19-7-18-8-5-16-6-17-15(8)19)12(32-35(22,23)24)10(21)14(34-37(28,29)30)13(9)33-36(25,26)27;5*7-6-4-2-1-3-5-6/h5-7,9-14,20-21H,1-4H2,(H2,22,23,24)(H2,25,26,27)(H2,28,29,30);5*6H,1-5,7H2/t9-,10-,11+,12+,13-,14+;;;;;/m0...../s1. The van der Waals surface area contributed by atoms with Crippen LogP contribution in [0.4, 0.5) is 0 Å². The van der Waals surface area contributed by atoms with Crippen molar-refractivity contribution in [2.75, 3.05) is 6.61 Å². The first-order valence-corrected chi connectivity index (χ1v) is 30.7. The Bertz CT molecular complexity index is 1780. The number of hydrogen-bond donors (Lipinski definition) is 13. The van der Waals surface area contributed by atoms with Gasteiger partial charge in [-0.3, -0.25) is 13.6 Å². The molecule has 6 fully saturated rings. The highest BCUT2D eigenvalue weighted by Gasteiger charge is 2.57. The van der Waals surface area contributed by atoms with Crippen LogP contribution < -0.4 is 28.7 Å². The van der Waals surface area contributed by atoms with E-state index in [-0.39, 0.29) is 13.0 Å². The molecular formula is C45H90N9O15P3. The van der Waals surface area contributed by atoms with Gasteiger partial charge in [-0.25, -0.2) is 28.6 Å². The highest BCUT2D eigenvalue weighted by Crippen LogP contribution is 2.49. The van der Waals surface area contributed by atoms with Crippen molar-refractivity contribution in [3.05, 3.63) is 18.9 Å². The molecule has 27 heteroatoms. The first kappa shape index (κ1) is 64.8. The zero-order valence-corrected chi connectivity index (χ0v) is 44.7. The summed E-state index contributed by atoms with van der Waals surface area (Å²) in [6.07, 6.45) is 25.1. The Balaban J connectivity index is 0.000000306. The van der Waals surface area contributed by atoms with E-state index in [4.69, 9.17) is 43.2 Å². The second kappa shape index (κ2) is 34.4. The SMILES string of the molecule is NC1CCCCC1.NC1CCCCC1.NC1CCCCC1.NC1CCCCC1.NC1CCCCC1.O=P(O)(O)O[C@@H]1[C@H](O)[C@@H](OP(=O)(O)O)[C@@H](OP(=O)(O)O)[C@@H](O)[C@H]1OCCCCn1cnc2cncnc21. The van der Waals surface area contributed by atoms with Crippen LogP contribution in [-0.4, -0.2) is 133 Å². The number of nitrogens with two attached hydrogens (primary N) is 5. The molecule has 0 aromatic carbocycles. The Hall–Kier alpha value is -1.44. The van der Waals surface area contributed by atoms with E-state index in [1.165, 1.54) is 179 Å². The number of ether oxygens (including phenoxy) is 1. The summed E-state index contributed by atoms with van der Waals surface area (Å²) in [7, 11) is -16.3. The predicted molar refractivity (Wildman–Crippen MR) is 272 cm³/mol. The van der Waals surface area contributed by atoms with Gasteiger partial charge in [-0.1, -0.05) is 96.3 Å². The maximum Gasteiger partial charge on any atom is 0.470 e. The van der Waals surface area contributed by atoms with Crippen molar-refractivity contribution in [2.24, 2.45) is 28.7 Å². The Kier molecular flexibility index (Phi) is 30.9. The first-order chi connectivity index (χ1) is 34.0. The molecule has 72 heavy (non-hydrogen) atoms. The molecule has 2 heterocycles. The number of phosphoric acid groups is 3. The first-order valence-electron chi connectivity index (χ1n) is 26.1. The Labute approximate surface area is 425 Å². The number of phosphoric ester groups is 3. The number of hydrogen-bond acceptors (Lipinski definition) is 17. The van der Waals surface area contributed by atoms with Gasteiger partial charge in [-0.15, -0.1) is 0 Å². The largest absolute Gasteiger partial charge is 0.470 e. The van der Waals surface area contributed by atoms with Crippen LogP contribution in [0.2, 0.25) is 0 Å². The zero-order chi connectivity index (χ0) is 53.2. The molecule has 0 radical (unpaired) electrons. The van der Waals surface area contributed by atoms with Gasteiger partial charge in [0.05, 0.1) is 12.5 Å². The molecule has 6 saturated carbocycles. The Morgan fingerprint density at radius 2 is 0.806 bits per heavy atom. The monoisotopic (exact) mass is 1090 g/mol. The average molecular weight is 1090 g/mol. The van der Waals surface area contributed by atoms with E-state index in [0.717, 1.165) is 0 Å². The summed E-state index contributed by atoms with van der Waals surface area (Å²) in [5.74, 6) is 0. The van der Waals surface area contributed by atoms with E-state index in [0.29, 0.717) is 54.3 Å². The third-order valence-corrected chi connectivity index (χ3v) is 15.0. The number of aliphatic hydroxyl groups is 2. The van der Waals surface area contributed by atoms with Crippen LogP contribution >= 0.6 is 23.5 Å². The lowest BCUT2D eigenvalue weighted by molar-refractivity contribution is -0.225. The number of rotatable bonds is 12. The summed E-state index contributed by atoms with van der Waals surface area (Å²) in [6.45, 7) is 0.195. The molecule has 0 bridgehead atoms. The minimum atomic E-state index is -5.48. The Morgan fingerprint density at radius 1 is 0.486 bits per heavy atom. The molecule has 0 saturated heterocycles. The topological polar surface area (TPSA) is 424 Å². The van der Waals surface area contributed by atoms with Gasteiger partial charge in [0.2, 0.25) is 0 Å². The lowest BCUT2D eigenvalue weighted by atomic mass is 9.85. The van der Waals surface area contributed by atoms with E-state index in [1.807, 2.05) is 0 Å². The number of fused-ring (bicyclic) bond motifs is 1. The lowest BCUT2D eigenvalue weighted by Crippen LogP contribution is -2.65. The summed E-state index contributed by atoms with van der Waals surface area (Å²) in [5.41, 5.74) is 29.3. The van der Waals surface area contributed by atoms with Crippen molar-refractivity contribution in [2.45, 2.75) is 247 Å². The quantitative estimate of drug-likeness (QED) is 0.102. The molecule has 6 atom stereocenters. The molecular weight excluding hydrogens is 999 g/mol. The van der Waals surface area contributed by atoms with E-state index < -0.39 is 60.1 Å². The van der Waals surface area contributed by atoms with Crippen LogP contribution in [-0.2, 0) is 38.5 Å². The fraction of sp³-hybridized carbons (Fsp3) is 0.889. The number of imidazole rings is 1. The van der Waals surface area contributed by atoms with Crippen LogP contribution in [0.15, 0.2) is 18.9 Å². The van der Waals surface area contributed by atoms with E-state index in [2.05, 4.69) is 28.5 Å². The Morgan fingerprint density at radius 3 is 1.11 bits per heavy atom. The third kappa shape index (κ3) is 28.1. The van der Waals surface area contributed by atoms with Crippen LogP contribution in [0.25, 0.3) is 11.2 Å². The maximum atomic E-state index is 11.5. The fourth-order valence-corrected chi connectivity index (χ4v) is 11.1. The average Bonchev–Trinajstić information content (AvgIpc) is 3.74. The minimum absolute atomic E-state index is 0.219. The number of aromatic nitrogens is 4. The van der Waals surface area contributed by atoms with Gasteiger partial charge in [0.25, 0.3) is 0 Å². The molecule has 0 spiro atoms. The maximum absolute atomic E-state index is 11.5. The molecule has 2 aromatic rings. The molecule has 420 valence electrons. The number of aliphatic hydroxyl groups excluding tert-OH is 2. The van der Waals surface area contributed by atoms with Crippen molar-refractivity contribution in [3.63, 3.8) is 0 Å². The van der Waals surface area contributed by atoms with Crippen molar-refractivity contribution < 1.29 is 71.6 Å². The van der Waals surface area contributed by atoms with Gasteiger partial charge in [0.1, 0.15) is 48.5 Å². The second-order valence-electron chi connectivity index (χ2n) is 19.9. The zero-order valence-electron chi connectivity index (χ0n) is 42.0. The van der Waals surface area contributed by atoms with Gasteiger partial charge in [-0.2, -0.15) is 0 Å². The normalized spacial score (nSPS) is 26.5. The van der Waals surface area contributed by atoms with Gasteiger partial charge in [0, 0.05) is 43.4 Å². The highest BCUT2D eigenvalue weighted by molar-refractivity contribution is 7.46. The summed E-state index contributed by atoms with van der Waals surface area (Å²) in [6, 6.07) is 2.68. The van der Waals surface area contributed by atoms with Gasteiger partial charge >= 0.3 is 23.5 Å². The number of aryl methyl sites for hydroxylation is 1. The smallest absolute Gasteiger partial charge is 0.387 e. The molecule has 24 nitrogen and oxygen atoms in total. The van der Waals surface area contributed by atoms with Crippen molar-refractivity contribution in [1.29, 1.82) is 0 Å². The number of nitrogens with zero attached hydrogens (tertiary/aromatic N) is 4. The van der Waals surface area contributed by atoms with Gasteiger partial charge < -0.3 is 77.5 Å². The van der Waals surface area contributed by atoms with Gasteiger partial charge in [0.15, 0.2) is 5.65 Å². The van der Waals surface area contributed by atoms with E-state index in [1.54, 1.807) is 4.57 Å². The molecule has 2 aromatic heterocycles. The van der Waals surface area contributed by atoms with E-state index >= 15 is 0 Å². The van der Waals surface area contributed by atoms with Gasteiger partial charge in [-0.05, 0) is 77.0 Å². The van der Waals surface area contributed by atoms with Crippen molar-refractivity contribution >= 4 is 34.6 Å². The minimum Gasteiger partial charge on any atom is -0.387 e. The highest BCUT2D eigenvalue weighted by atomic mass is 31.2. The molecule has 0 amide bonds. The third-order valence-electron chi connectivity index (χ3n) is 13.4. The summed E-state index contributed by atoms with van der Waals surface area (Å²) in [4.78, 5) is 67.2. The lowest BCUT2D eigenvalue weighted by Gasteiger charge is -2.46.